The topological polar surface area (TPSA) is 60.9 Å². The van der Waals surface area contributed by atoms with E-state index in [2.05, 4.69) is 0 Å². The van der Waals surface area contributed by atoms with Crippen LogP contribution in [0.3, 0.4) is 0 Å². The maximum absolute atomic E-state index is 12.2. The summed E-state index contributed by atoms with van der Waals surface area (Å²) in [5.74, 6) is -0.0737. The van der Waals surface area contributed by atoms with Gasteiger partial charge in [0, 0.05) is 39.2 Å². The van der Waals surface area contributed by atoms with Crippen molar-refractivity contribution < 1.29 is 14.7 Å². The number of hydrogen-bond donors (Lipinski definition) is 1. The Hall–Kier alpha value is -1.10. The van der Waals surface area contributed by atoms with Crippen LogP contribution in [0.1, 0.15) is 26.7 Å². The van der Waals surface area contributed by atoms with Crippen LogP contribution in [0.5, 0.6) is 0 Å². The average Bonchev–Trinajstić information content (AvgIpc) is 2.71. The predicted octanol–water partition coefficient (Wildman–Crippen LogP) is 0.0857. The SMILES string of the molecule is CCN1CC(C(=O)N(CC)CCCO)CC1=O. The lowest BCUT2D eigenvalue weighted by atomic mass is 10.1. The summed E-state index contributed by atoms with van der Waals surface area (Å²) in [7, 11) is 0. The Bertz CT molecular complexity index is 281. The van der Waals surface area contributed by atoms with Gasteiger partial charge in [-0.25, -0.2) is 0 Å². The molecule has 0 saturated carbocycles. The van der Waals surface area contributed by atoms with Gasteiger partial charge < -0.3 is 14.9 Å². The molecule has 17 heavy (non-hydrogen) atoms. The summed E-state index contributed by atoms with van der Waals surface area (Å²) in [4.78, 5) is 27.2. The van der Waals surface area contributed by atoms with Crippen LogP contribution in [0.4, 0.5) is 0 Å². The quantitative estimate of drug-likeness (QED) is 0.718. The van der Waals surface area contributed by atoms with E-state index in [9.17, 15) is 9.59 Å². The molecule has 1 heterocycles. The van der Waals surface area contributed by atoms with E-state index >= 15 is 0 Å². The number of likely N-dealkylation sites (tertiary alicyclic amines) is 1. The van der Waals surface area contributed by atoms with Crippen LogP contribution < -0.4 is 0 Å². The number of amides is 2. The molecule has 0 aliphatic carbocycles. The number of aliphatic hydroxyl groups excluding tert-OH is 1. The molecule has 98 valence electrons. The minimum absolute atomic E-state index is 0.0465. The Kier molecular flexibility index (Phi) is 5.41. The third-order valence-electron chi connectivity index (χ3n) is 3.23. The van der Waals surface area contributed by atoms with E-state index in [-0.39, 0.29) is 24.3 Å². The van der Waals surface area contributed by atoms with Crippen LogP contribution in [0.2, 0.25) is 0 Å². The molecule has 5 heteroatoms. The molecular formula is C12H22N2O3. The van der Waals surface area contributed by atoms with Gasteiger partial charge in [0.1, 0.15) is 0 Å². The summed E-state index contributed by atoms with van der Waals surface area (Å²) in [6.07, 6.45) is 0.931. The minimum atomic E-state index is -0.193. The monoisotopic (exact) mass is 242 g/mol. The highest BCUT2D eigenvalue weighted by molar-refractivity contribution is 5.89. The molecule has 5 nitrogen and oxygen atoms in total. The van der Waals surface area contributed by atoms with Crippen molar-refractivity contribution in [3.63, 3.8) is 0 Å². The number of nitrogens with zero attached hydrogens (tertiary/aromatic N) is 2. The number of rotatable bonds is 6. The van der Waals surface area contributed by atoms with Gasteiger partial charge in [0.25, 0.3) is 0 Å². The van der Waals surface area contributed by atoms with Crippen molar-refractivity contribution >= 4 is 11.8 Å². The highest BCUT2D eigenvalue weighted by Crippen LogP contribution is 2.19. The number of hydrogen-bond acceptors (Lipinski definition) is 3. The summed E-state index contributed by atoms with van der Waals surface area (Å²) in [6.45, 7) is 6.36. The highest BCUT2D eigenvalue weighted by atomic mass is 16.3. The van der Waals surface area contributed by atoms with E-state index < -0.39 is 0 Å². The van der Waals surface area contributed by atoms with Crippen molar-refractivity contribution in [2.45, 2.75) is 26.7 Å². The average molecular weight is 242 g/mol. The molecule has 0 aromatic carbocycles. The van der Waals surface area contributed by atoms with Gasteiger partial charge in [-0.2, -0.15) is 0 Å². The zero-order chi connectivity index (χ0) is 12.8. The Labute approximate surface area is 102 Å². The zero-order valence-corrected chi connectivity index (χ0v) is 10.7. The molecule has 2 amide bonds. The molecule has 1 fully saturated rings. The largest absolute Gasteiger partial charge is 0.396 e. The lowest BCUT2D eigenvalue weighted by Crippen LogP contribution is -2.38. The zero-order valence-electron chi connectivity index (χ0n) is 10.7. The van der Waals surface area contributed by atoms with Crippen LogP contribution in [-0.2, 0) is 9.59 Å². The van der Waals surface area contributed by atoms with Crippen molar-refractivity contribution in [3.8, 4) is 0 Å². The summed E-state index contributed by atoms with van der Waals surface area (Å²) in [5.41, 5.74) is 0. The molecule has 0 aromatic heterocycles. The molecule has 0 aromatic rings. The normalized spacial score (nSPS) is 19.8. The van der Waals surface area contributed by atoms with Gasteiger partial charge in [-0.1, -0.05) is 0 Å². The second kappa shape index (κ2) is 6.59. The van der Waals surface area contributed by atoms with Gasteiger partial charge in [-0.05, 0) is 20.3 Å². The van der Waals surface area contributed by atoms with E-state index in [1.54, 1.807) is 9.80 Å². The van der Waals surface area contributed by atoms with Gasteiger partial charge in [-0.3, -0.25) is 9.59 Å². The molecule has 1 rings (SSSR count). The second-order valence-electron chi connectivity index (χ2n) is 4.33. The van der Waals surface area contributed by atoms with Gasteiger partial charge in [-0.15, -0.1) is 0 Å². The minimum Gasteiger partial charge on any atom is -0.396 e. The molecule has 1 unspecified atom stereocenters. The van der Waals surface area contributed by atoms with Crippen LogP contribution in [0, 0.1) is 5.92 Å². The third kappa shape index (κ3) is 3.43. The van der Waals surface area contributed by atoms with E-state index in [4.69, 9.17) is 5.11 Å². The van der Waals surface area contributed by atoms with Crippen molar-refractivity contribution in [2.24, 2.45) is 5.92 Å². The Morgan fingerprint density at radius 1 is 1.53 bits per heavy atom. The smallest absolute Gasteiger partial charge is 0.227 e. The first-order valence-corrected chi connectivity index (χ1v) is 6.31. The standard InChI is InChI=1S/C12H22N2O3/c1-3-13(6-5-7-15)12(17)10-8-11(16)14(4-2)9-10/h10,15H,3-9H2,1-2H3. The predicted molar refractivity (Wildman–Crippen MR) is 64.3 cm³/mol. The third-order valence-corrected chi connectivity index (χ3v) is 3.23. The Morgan fingerprint density at radius 3 is 2.71 bits per heavy atom. The van der Waals surface area contributed by atoms with Crippen molar-refractivity contribution in [3.05, 3.63) is 0 Å². The van der Waals surface area contributed by atoms with Crippen molar-refractivity contribution in [1.29, 1.82) is 0 Å². The molecule has 1 atom stereocenters. The van der Waals surface area contributed by atoms with Gasteiger partial charge in [0.15, 0.2) is 0 Å². The molecule has 1 saturated heterocycles. The molecule has 1 aliphatic heterocycles. The van der Waals surface area contributed by atoms with E-state index in [1.165, 1.54) is 0 Å². The number of aliphatic hydroxyl groups is 1. The summed E-state index contributed by atoms with van der Waals surface area (Å²) in [5, 5.41) is 8.78. The summed E-state index contributed by atoms with van der Waals surface area (Å²) < 4.78 is 0. The number of carbonyl (C=O) groups is 2. The summed E-state index contributed by atoms with van der Waals surface area (Å²) in [6, 6.07) is 0. The maximum Gasteiger partial charge on any atom is 0.227 e. The van der Waals surface area contributed by atoms with Gasteiger partial charge in [0.05, 0.1) is 5.92 Å². The fourth-order valence-electron chi connectivity index (χ4n) is 2.19. The lowest BCUT2D eigenvalue weighted by molar-refractivity contribution is -0.135. The molecule has 0 radical (unpaired) electrons. The Balaban J connectivity index is 2.54. The van der Waals surface area contributed by atoms with E-state index in [0.717, 1.165) is 0 Å². The molecule has 0 bridgehead atoms. The Morgan fingerprint density at radius 2 is 2.24 bits per heavy atom. The van der Waals surface area contributed by atoms with E-state index in [1.807, 2.05) is 13.8 Å². The fourth-order valence-corrected chi connectivity index (χ4v) is 2.19. The van der Waals surface area contributed by atoms with Gasteiger partial charge >= 0.3 is 0 Å². The lowest BCUT2D eigenvalue weighted by Gasteiger charge is -2.23. The first-order chi connectivity index (χ1) is 8.13. The molecule has 1 N–H and O–H groups in total. The fraction of sp³-hybridized carbons (Fsp3) is 0.833. The second-order valence-corrected chi connectivity index (χ2v) is 4.33. The van der Waals surface area contributed by atoms with Crippen LogP contribution in [-0.4, -0.2) is 59.5 Å². The number of carbonyl (C=O) groups excluding carboxylic acids is 2. The van der Waals surface area contributed by atoms with Crippen molar-refractivity contribution in [2.75, 3.05) is 32.8 Å². The molecule has 0 spiro atoms. The first kappa shape index (κ1) is 14.0. The van der Waals surface area contributed by atoms with Crippen LogP contribution in [0.25, 0.3) is 0 Å². The molecular weight excluding hydrogens is 220 g/mol. The van der Waals surface area contributed by atoms with E-state index in [0.29, 0.717) is 39.0 Å². The first-order valence-electron chi connectivity index (χ1n) is 6.31. The van der Waals surface area contributed by atoms with Crippen LogP contribution in [0.15, 0.2) is 0 Å². The molecule has 1 aliphatic rings. The highest BCUT2D eigenvalue weighted by Gasteiger charge is 2.35. The van der Waals surface area contributed by atoms with Gasteiger partial charge in [0.2, 0.25) is 11.8 Å². The van der Waals surface area contributed by atoms with Crippen LogP contribution >= 0.6 is 0 Å². The van der Waals surface area contributed by atoms with Crippen molar-refractivity contribution in [1.82, 2.24) is 9.80 Å². The maximum atomic E-state index is 12.2. The summed E-state index contributed by atoms with van der Waals surface area (Å²) >= 11 is 0.